The van der Waals surface area contributed by atoms with Gasteiger partial charge in [-0.25, -0.2) is 4.98 Å². The Morgan fingerprint density at radius 2 is 2.40 bits per heavy atom. The molecule has 4 heteroatoms. The van der Waals surface area contributed by atoms with Gasteiger partial charge >= 0.3 is 0 Å². The van der Waals surface area contributed by atoms with Crippen LogP contribution in [0.2, 0.25) is 0 Å². The molecule has 2 rings (SSSR count). The Bertz CT molecular complexity index is 371. The van der Waals surface area contributed by atoms with Crippen LogP contribution in [0.4, 0.5) is 5.82 Å². The van der Waals surface area contributed by atoms with Gasteiger partial charge in [-0.05, 0) is 30.9 Å². The molecule has 0 saturated heterocycles. The number of aromatic nitrogens is 1. The highest BCUT2D eigenvalue weighted by Gasteiger charge is 2.24. The van der Waals surface area contributed by atoms with Crippen molar-refractivity contribution in [3.8, 4) is 0 Å². The van der Waals surface area contributed by atoms with E-state index >= 15 is 0 Å². The third-order valence-electron chi connectivity index (χ3n) is 2.67. The van der Waals surface area contributed by atoms with Gasteiger partial charge in [-0.1, -0.05) is 0 Å². The van der Waals surface area contributed by atoms with Gasteiger partial charge < -0.3 is 10.6 Å². The second-order valence-electron chi connectivity index (χ2n) is 4.11. The Kier molecular flexibility index (Phi) is 2.58. The number of anilines is 1. The second kappa shape index (κ2) is 3.88. The van der Waals surface area contributed by atoms with Crippen LogP contribution < -0.4 is 10.6 Å². The molecule has 0 aromatic carbocycles. The van der Waals surface area contributed by atoms with E-state index < -0.39 is 0 Å². The minimum Gasteiger partial charge on any atom is -0.384 e. The van der Waals surface area contributed by atoms with E-state index in [1.54, 1.807) is 6.20 Å². The van der Waals surface area contributed by atoms with E-state index in [2.05, 4.69) is 9.88 Å². The van der Waals surface area contributed by atoms with Crippen molar-refractivity contribution in [1.82, 2.24) is 4.98 Å². The van der Waals surface area contributed by atoms with Crippen LogP contribution in [-0.4, -0.2) is 24.4 Å². The molecule has 15 heavy (non-hydrogen) atoms. The molecular weight excluding hydrogens is 188 g/mol. The minimum absolute atomic E-state index is 0.0840. The summed E-state index contributed by atoms with van der Waals surface area (Å²) in [7, 11) is 2.01. The van der Waals surface area contributed by atoms with Gasteiger partial charge in [0.2, 0.25) is 0 Å². The summed E-state index contributed by atoms with van der Waals surface area (Å²) < 4.78 is 0. The number of pyridine rings is 1. The zero-order valence-corrected chi connectivity index (χ0v) is 8.90. The van der Waals surface area contributed by atoms with Crippen molar-refractivity contribution in [1.29, 1.82) is 5.41 Å². The summed E-state index contributed by atoms with van der Waals surface area (Å²) >= 11 is 0. The SMILES string of the molecule is CN(CC1CC1)c1ncccc1C(=N)N. The highest BCUT2D eigenvalue weighted by atomic mass is 15.2. The first-order valence-electron chi connectivity index (χ1n) is 5.19. The summed E-state index contributed by atoms with van der Waals surface area (Å²) in [5.74, 6) is 1.70. The van der Waals surface area contributed by atoms with Crippen molar-refractivity contribution < 1.29 is 0 Å². The van der Waals surface area contributed by atoms with Gasteiger partial charge in [0, 0.05) is 19.8 Å². The van der Waals surface area contributed by atoms with Crippen LogP contribution in [0.15, 0.2) is 18.3 Å². The zero-order valence-electron chi connectivity index (χ0n) is 8.90. The van der Waals surface area contributed by atoms with Crippen molar-refractivity contribution in [2.45, 2.75) is 12.8 Å². The summed E-state index contributed by atoms with van der Waals surface area (Å²) in [6.45, 7) is 1.01. The van der Waals surface area contributed by atoms with Crippen molar-refractivity contribution in [2.75, 3.05) is 18.5 Å². The highest BCUT2D eigenvalue weighted by Crippen LogP contribution is 2.30. The molecule has 1 aliphatic carbocycles. The van der Waals surface area contributed by atoms with E-state index in [0.717, 1.165) is 23.8 Å². The van der Waals surface area contributed by atoms with Crippen LogP contribution in [0.5, 0.6) is 0 Å². The number of hydrogen-bond acceptors (Lipinski definition) is 3. The summed E-state index contributed by atoms with van der Waals surface area (Å²) in [5.41, 5.74) is 6.24. The standard InChI is InChI=1S/C11H16N4/c1-15(7-8-4-5-8)11-9(10(12)13)3-2-6-14-11/h2-3,6,8H,4-5,7H2,1H3,(H3,12,13). The number of amidine groups is 1. The lowest BCUT2D eigenvalue weighted by molar-refractivity contribution is 0.776. The fourth-order valence-electron chi connectivity index (χ4n) is 1.69. The molecule has 0 bridgehead atoms. The molecule has 0 spiro atoms. The normalized spacial score (nSPS) is 15.0. The molecule has 1 saturated carbocycles. The Labute approximate surface area is 89.6 Å². The molecule has 4 nitrogen and oxygen atoms in total. The first-order valence-corrected chi connectivity index (χ1v) is 5.19. The average Bonchev–Trinajstić information content (AvgIpc) is 3.01. The highest BCUT2D eigenvalue weighted by molar-refractivity contribution is 5.99. The number of nitrogens with one attached hydrogen (secondary N) is 1. The molecule has 1 heterocycles. The molecule has 0 aliphatic heterocycles. The van der Waals surface area contributed by atoms with E-state index in [1.807, 2.05) is 19.2 Å². The topological polar surface area (TPSA) is 66.0 Å². The lowest BCUT2D eigenvalue weighted by Gasteiger charge is -2.20. The van der Waals surface area contributed by atoms with Crippen LogP contribution in [-0.2, 0) is 0 Å². The molecule has 3 N–H and O–H groups in total. The van der Waals surface area contributed by atoms with Crippen molar-refractivity contribution in [3.63, 3.8) is 0 Å². The Hall–Kier alpha value is -1.58. The van der Waals surface area contributed by atoms with E-state index in [9.17, 15) is 0 Å². The minimum atomic E-state index is 0.0840. The van der Waals surface area contributed by atoms with E-state index in [-0.39, 0.29) is 5.84 Å². The van der Waals surface area contributed by atoms with Crippen LogP contribution in [0, 0.1) is 11.3 Å². The van der Waals surface area contributed by atoms with Crippen LogP contribution in [0.25, 0.3) is 0 Å². The molecule has 1 fully saturated rings. The fraction of sp³-hybridized carbons (Fsp3) is 0.455. The predicted octanol–water partition coefficient (Wildman–Crippen LogP) is 1.21. The molecule has 0 unspecified atom stereocenters. The maximum Gasteiger partial charge on any atom is 0.139 e. The van der Waals surface area contributed by atoms with Crippen molar-refractivity contribution in [3.05, 3.63) is 23.9 Å². The smallest absolute Gasteiger partial charge is 0.139 e. The number of rotatable bonds is 4. The first-order chi connectivity index (χ1) is 7.18. The maximum atomic E-state index is 7.48. The van der Waals surface area contributed by atoms with E-state index in [1.165, 1.54) is 12.8 Å². The monoisotopic (exact) mass is 204 g/mol. The third kappa shape index (κ3) is 2.26. The van der Waals surface area contributed by atoms with Crippen LogP contribution in [0.3, 0.4) is 0 Å². The molecule has 0 radical (unpaired) electrons. The van der Waals surface area contributed by atoms with Crippen LogP contribution in [0.1, 0.15) is 18.4 Å². The summed E-state index contributed by atoms with van der Waals surface area (Å²) in [6, 6.07) is 3.65. The molecule has 0 atom stereocenters. The molecule has 80 valence electrons. The van der Waals surface area contributed by atoms with Crippen LogP contribution >= 0.6 is 0 Å². The quantitative estimate of drug-likeness (QED) is 0.572. The maximum absolute atomic E-state index is 7.48. The second-order valence-corrected chi connectivity index (χ2v) is 4.11. The number of nitrogens with two attached hydrogens (primary N) is 1. The molecule has 1 aromatic heterocycles. The van der Waals surface area contributed by atoms with Gasteiger partial charge in [-0.2, -0.15) is 0 Å². The van der Waals surface area contributed by atoms with Gasteiger partial charge in [0.15, 0.2) is 0 Å². The number of nitrogens with zero attached hydrogens (tertiary/aromatic N) is 2. The largest absolute Gasteiger partial charge is 0.384 e. The van der Waals surface area contributed by atoms with Crippen molar-refractivity contribution >= 4 is 11.7 Å². The fourth-order valence-corrected chi connectivity index (χ4v) is 1.69. The van der Waals surface area contributed by atoms with Gasteiger partial charge in [0.1, 0.15) is 11.7 Å². The summed E-state index contributed by atoms with van der Waals surface area (Å²) in [5, 5.41) is 7.48. The average molecular weight is 204 g/mol. The number of nitrogen functional groups attached to an aromatic ring is 1. The Morgan fingerprint density at radius 1 is 1.67 bits per heavy atom. The van der Waals surface area contributed by atoms with Crippen molar-refractivity contribution in [2.24, 2.45) is 11.7 Å². The van der Waals surface area contributed by atoms with Gasteiger partial charge in [0.05, 0.1) is 5.56 Å². The Morgan fingerprint density at radius 3 is 3.00 bits per heavy atom. The Balaban J connectivity index is 2.20. The lowest BCUT2D eigenvalue weighted by Crippen LogP contribution is -2.25. The number of hydrogen-bond donors (Lipinski definition) is 2. The van der Waals surface area contributed by atoms with Gasteiger partial charge in [-0.3, -0.25) is 5.41 Å². The molecular formula is C11H16N4. The zero-order chi connectivity index (χ0) is 10.8. The third-order valence-corrected chi connectivity index (χ3v) is 2.67. The van der Waals surface area contributed by atoms with Gasteiger partial charge in [-0.15, -0.1) is 0 Å². The predicted molar refractivity (Wildman–Crippen MR) is 61.2 cm³/mol. The summed E-state index contributed by atoms with van der Waals surface area (Å²) in [4.78, 5) is 6.38. The summed E-state index contributed by atoms with van der Waals surface area (Å²) in [6.07, 6.45) is 4.37. The molecule has 0 amide bonds. The lowest BCUT2D eigenvalue weighted by atomic mass is 10.2. The molecule has 1 aromatic rings. The first kappa shape index (κ1) is 9.96. The van der Waals surface area contributed by atoms with E-state index in [0.29, 0.717) is 0 Å². The van der Waals surface area contributed by atoms with Gasteiger partial charge in [0.25, 0.3) is 0 Å². The van der Waals surface area contributed by atoms with E-state index in [4.69, 9.17) is 11.1 Å². The molecule has 1 aliphatic rings.